The number of thioether (sulfide) groups is 1. The van der Waals surface area contributed by atoms with Crippen molar-refractivity contribution in [3.05, 3.63) is 70.2 Å². The van der Waals surface area contributed by atoms with Crippen LogP contribution >= 0.6 is 27.7 Å². The summed E-state index contributed by atoms with van der Waals surface area (Å²) in [4.78, 5) is 28.2. The number of nitrogens with one attached hydrogen (secondary N) is 1. The van der Waals surface area contributed by atoms with E-state index in [4.69, 9.17) is 0 Å². The highest BCUT2D eigenvalue weighted by molar-refractivity contribution is 9.10. The first kappa shape index (κ1) is 24.8. The Morgan fingerprint density at radius 3 is 2.41 bits per heavy atom. The molecule has 0 bridgehead atoms. The highest BCUT2D eigenvalue weighted by atomic mass is 79.9. The lowest BCUT2D eigenvalue weighted by Gasteiger charge is -2.31. The first-order chi connectivity index (χ1) is 15.6. The zero-order valence-corrected chi connectivity index (χ0v) is 21.2. The summed E-state index contributed by atoms with van der Waals surface area (Å²) in [6, 6.07) is 18.2. The summed E-state index contributed by atoms with van der Waals surface area (Å²) in [5.74, 6) is 1.18. The molecule has 2 aromatic carbocycles. The molecule has 0 saturated heterocycles. The molecule has 1 N–H and O–H groups in total. The van der Waals surface area contributed by atoms with Crippen LogP contribution in [0.4, 0.5) is 0 Å². The topological polar surface area (TPSA) is 49.4 Å². The fourth-order valence-corrected chi connectivity index (χ4v) is 5.32. The third kappa shape index (κ3) is 7.66. The van der Waals surface area contributed by atoms with Gasteiger partial charge in [-0.05, 0) is 48.9 Å². The van der Waals surface area contributed by atoms with Crippen molar-refractivity contribution in [2.24, 2.45) is 0 Å². The summed E-state index contributed by atoms with van der Waals surface area (Å²) in [7, 11) is 0. The molecule has 4 nitrogen and oxygen atoms in total. The van der Waals surface area contributed by atoms with Crippen LogP contribution in [0.5, 0.6) is 0 Å². The number of hydrogen-bond acceptors (Lipinski definition) is 3. The van der Waals surface area contributed by atoms with Gasteiger partial charge < -0.3 is 10.2 Å². The molecular formula is C26H33BrN2O2S. The van der Waals surface area contributed by atoms with Gasteiger partial charge in [-0.1, -0.05) is 78.2 Å². The van der Waals surface area contributed by atoms with E-state index in [1.165, 1.54) is 24.0 Å². The molecule has 1 saturated carbocycles. The van der Waals surface area contributed by atoms with Gasteiger partial charge in [0.05, 0.1) is 5.75 Å². The molecule has 0 heterocycles. The predicted octanol–water partition coefficient (Wildman–Crippen LogP) is 5.59. The molecule has 6 heteroatoms. The van der Waals surface area contributed by atoms with E-state index < -0.39 is 6.04 Å². The van der Waals surface area contributed by atoms with Crippen LogP contribution in [-0.4, -0.2) is 41.1 Å². The molecule has 172 valence electrons. The quantitative estimate of drug-likeness (QED) is 0.423. The van der Waals surface area contributed by atoms with Crippen LogP contribution in [0.15, 0.2) is 59.1 Å². The average molecular weight is 518 g/mol. The van der Waals surface area contributed by atoms with E-state index in [0.29, 0.717) is 18.7 Å². The molecule has 1 atom stereocenters. The van der Waals surface area contributed by atoms with Crippen molar-refractivity contribution in [3.8, 4) is 0 Å². The minimum absolute atomic E-state index is 0.00118. The van der Waals surface area contributed by atoms with E-state index in [9.17, 15) is 9.59 Å². The summed E-state index contributed by atoms with van der Waals surface area (Å²) in [5.41, 5.74) is 2.37. The number of benzene rings is 2. The molecule has 2 amide bonds. The van der Waals surface area contributed by atoms with Gasteiger partial charge in [0.2, 0.25) is 11.8 Å². The van der Waals surface area contributed by atoms with E-state index in [-0.39, 0.29) is 17.9 Å². The molecule has 1 aliphatic rings. The third-order valence-corrected chi connectivity index (χ3v) is 7.50. The standard InChI is InChI=1S/C26H33BrN2O2S/c1-2-24(26(31)28-23-10-6-7-11-23)29(17-16-20-8-4-3-5-9-20)25(30)19-32-18-21-12-14-22(27)15-13-21/h3-5,8-9,12-15,23-24H,2,6-7,10-11,16-19H2,1H3,(H,28,31)/t24-/m1/s1. The molecule has 1 aliphatic carbocycles. The maximum absolute atomic E-state index is 13.3. The molecule has 0 unspecified atom stereocenters. The largest absolute Gasteiger partial charge is 0.352 e. The van der Waals surface area contributed by atoms with Gasteiger partial charge >= 0.3 is 0 Å². The first-order valence-electron chi connectivity index (χ1n) is 11.5. The van der Waals surface area contributed by atoms with Gasteiger partial charge in [-0.3, -0.25) is 9.59 Å². The summed E-state index contributed by atoms with van der Waals surface area (Å²) in [6.45, 7) is 2.55. The number of rotatable bonds is 11. The monoisotopic (exact) mass is 516 g/mol. The maximum Gasteiger partial charge on any atom is 0.243 e. The van der Waals surface area contributed by atoms with Crippen molar-refractivity contribution in [1.82, 2.24) is 10.2 Å². The Morgan fingerprint density at radius 2 is 1.75 bits per heavy atom. The molecule has 32 heavy (non-hydrogen) atoms. The molecule has 1 fully saturated rings. The molecule has 0 radical (unpaired) electrons. The van der Waals surface area contributed by atoms with Crippen LogP contribution in [0.3, 0.4) is 0 Å². The van der Waals surface area contributed by atoms with E-state index in [2.05, 4.69) is 45.5 Å². The lowest BCUT2D eigenvalue weighted by molar-refractivity contribution is -0.139. The Balaban J connectivity index is 1.63. The summed E-state index contributed by atoms with van der Waals surface area (Å²) in [5, 5.41) is 3.21. The Hall–Kier alpha value is -1.79. The lowest BCUT2D eigenvalue weighted by atomic mass is 10.1. The minimum Gasteiger partial charge on any atom is -0.352 e. The average Bonchev–Trinajstić information content (AvgIpc) is 3.31. The van der Waals surface area contributed by atoms with E-state index in [1.807, 2.05) is 42.2 Å². The van der Waals surface area contributed by atoms with E-state index in [0.717, 1.165) is 29.5 Å². The van der Waals surface area contributed by atoms with E-state index in [1.54, 1.807) is 11.8 Å². The molecule has 2 aromatic rings. The minimum atomic E-state index is -0.417. The highest BCUT2D eigenvalue weighted by Crippen LogP contribution is 2.20. The third-order valence-electron chi connectivity index (χ3n) is 5.98. The highest BCUT2D eigenvalue weighted by Gasteiger charge is 2.30. The number of carbonyl (C=O) groups excluding carboxylic acids is 2. The Labute approximate surface area is 204 Å². The van der Waals surface area contributed by atoms with E-state index >= 15 is 0 Å². The number of amides is 2. The molecule has 0 aliphatic heterocycles. The van der Waals surface area contributed by atoms with Gasteiger partial charge in [-0.25, -0.2) is 0 Å². The van der Waals surface area contributed by atoms with Crippen molar-refractivity contribution >= 4 is 39.5 Å². The Kier molecular flexibility index (Phi) is 10.1. The van der Waals surface area contributed by atoms with Crippen molar-refractivity contribution in [3.63, 3.8) is 0 Å². The fourth-order valence-electron chi connectivity index (χ4n) is 4.18. The van der Waals surface area contributed by atoms with Crippen LogP contribution in [0.1, 0.15) is 50.2 Å². The van der Waals surface area contributed by atoms with Crippen molar-refractivity contribution in [2.45, 2.75) is 63.3 Å². The van der Waals surface area contributed by atoms with Crippen molar-refractivity contribution in [2.75, 3.05) is 12.3 Å². The summed E-state index contributed by atoms with van der Waals surface area (Å²) in [6.07, 6.45) is 5.80. The second kappa shape index (κ2) is 13.0. The number of halogens is 1. The summed E-state index contributed by atoms with van der Waals surface area (Å²) >= 11 is 5.06. The number of hydrogen-bond donors (Lipinski definition) is 1. The zero-order valence-electron chi connectivity index (χ0n) is 18.8. The second-order valence-corrected chi connectivity index (χ2v) is 10.3. The summed E-state index contributed by atoms with van der Waals surface area (Å²) < 4.78 is 1.05. The number of nitrogens with zero attached hydrogens (tertiary/aromatic N) is 1. The lowest BCUT2D eigenvalue weighted by Crippen LogP contribution is -2.52. The van der Waals surface area contributed by atoms with Crippen LogP contribution in [0, 0.1) is 0 Å². The Bertz CT molecular complexity index is 854. The van der Waals surface area contributed by atoms with Gasteiger partial charge in [-0.2, -0.15) is 0 Å². The van der Waals surface area contributed by atoms with Gasteiger partial charge in [-0.15, -0.1) is 11.8 Å². The molecule has 0 aromatic heterocycles. The predicted molar refractivity (Wildman–Crippen MR) is 137 cm³/mol. The fraction of sp³-hybridized carbons (Fsp3) is 0.462. The molecule has 0 spiro atoms. The van der Waals surface area contributed by atoms with Crippen LogP contribution in [-0.2, 0) is 21.8 Å². The van der Waals surface area contributed by atoms with Crippen LogP contribution < -0.4 is 5.32 Å². The molecular weight excluding hydrogens is 484 g/mol. The normalized spacial score (nSPS) is 14.8. The van der Waals surface area contributed by atoms with Crippen molar-refractivity contribution in [1.29, 1.82) is 0 Å². The van der Waals surface area contributed by atoms with Crippen LogP contribution in [0.2, 0.25) is 0 Å². The SMILES string of the molecule is CC[C@H](C(=O)NC1CCCC1)N(CCc1ccccc1)C(=O)CSCc1ccc(Br)cc1. The smallest absolute Gasteiger partial charge is 0.243 e. The van der Waals surface area contributed by atoms with Gasteiger partial charge in [0.15, 0.2) is 0 Å². The zero-order chi connectivity index (χ0) is 22.8. The van der Waals surface area contributed by atoms with Crippen molar-refractivity contribution < 1.29 is 9.59 Å². The Morgan fingerprint density at radius 1 is 1.06 bits per heavy atom. The van der Waals surface area contributed by atoms with Gasteiger partial charge in [0, 0.05) is 22.8 Å². The van der Waals surface area contributed by atoms with Crippen LogP contribution in [0.25, 0.3) is 0 Å². The second-order valence-electron chi connectivity index (χ2n) is 8.36. The number of carbonyl (C=O) groups is 2. The van der Waals surface area contributed by atoms with Gasteiger partial charge in [0.25, 0.3) is 0 Å². The first-order valence-corrected chi connectivity index (χ1v) is 13.5. The molecule has 3 rings (SSSR count). The maximum atomic E-state index is 13.3. The van der Waals surface area contributed by atoms with Gasteiger partial charge in [0.1, 0.15) is 6.04 Å².